The number of carbonyl (C=O) groups excluding carboxylic acids is 2. The molecule has 2 aromatic carbocycles. The Morgan fingerprint density at radius 3 is 2.67 bits per heavy atom. The molecule has 0 aliphatic carbocycles. The number of hydrogen-bond donors (Lipinski definition) is 3. The second-order valence-corrected chi connectivity index (χ2v) is 6.79. The smallest absolute Gasteiger partial charge is 0.319 e. The number of amides is 3. The molecule has 0 saturated carbocycles. The maximum atomic E-state index is 14.3. The van der Waals surface area contributed by atoms with Crippen LogP contribution in [-0.2, 0) is 0 Å². The van der Waals surface area contributed by atoms with Crippen LogP contribution in [0.15, 0.2) is 42.5 Å². The average Bonchev–Trinajstić information content (AvgIpc) is 2.80. The normalized spacial score (nSPS) is 10.2. The van der Waals surface area contributed by atoms with E-state index in [2.05, 4.69) is 20.9 Å². The molecule has 0 spiro atoms. The zero-order chi connectivity index (χ0) is 23.8. The van der Waals surface area contributed by atoms with Gasteiger partial charge >= 0.3 is 6.03 Å². The number of nitrogens with zero attached hydrogens (tertiary/aromatic N) is 2. The van der Waals surface area contributed by atoms with Crippen molar-refractivity contribution in [3.05, 3.63) is 53.8 Å². The van der Waals surface area contributed by atoms with E-state index in [0.717, 1.165) is 6.07 Å². The molecule has 3 aromatic rings. The number of carbonyl (C=O) groups is 2. The number of nitrogens with one attached hydrogen (secondary N) is 3. The molecule has 10 heteroatoms. The predicted molar refractivity (Wildman–Crippen MR) is 120 cm³/mol. The number of rotatable bonds is 8. The summed E-state index contributed by atoms with van der Waals surface area (Å²) in [6.45, 7) is 2.40. The van der Waals surface area contributed by atoms with Gasteiger partial charge in [0.15, 0.2) is 0 Å². The van der Waals surface area contributed by atoms with Crippen molar-refractivity contribution in [1.29, 1.82) is 5.26 Å². The number of benzene rings is 2. The Bertz CT molecular complexity index is 1230. The molecule has 0 saturated heterocycles. The Kier molecular flexibility index (Phi) is 7.60. The summed E-state index contributed by atoms with van der Waals surface area (Å²) in [4.78, 5) is 28.4. The van der Waals surface area contributed by atoms with Gasteiger partial charge in [-0.2, -0.15) is 5.26 Å². The molecule has 3 rings (SSSR count). The molecule has 3 N–H and O–H groups in total. The summed E-state index contributed by atoms with van der Waals surface area (Å²) < 4.78 is 25.3. The number of methoxy groups -OCH3 is 1. The van der Waals surface area contributed by atoms with Crippen molar-refractivity contribution >= 4 is 28.5 Å². The SMILES string of the molecule is CCNC(=O)Nc1ccc(Oc2ccc3cc(C(=O)NCCC#N)c(OC)cc3n2)cc1F. The van der Waals surface area contributed by atoms with Crippen LogP contribution in [0.5, 0.6) is 17.4 Å². The number of halogens is 1. The highest BCUT2D eigenvalue weighted by Crippen LogP contribution is 2.29. The molecule has 0 aliphatic rings. The molecule has 0 radical (unpaired) electrons. The molecule has 170 valence electrons. The van der Waals surface area contributed by atoms with Gasteiger partial charge in [0.25, 0.3) is 5.91 Å². The van der Waals surface area contributed by atoms with Gasteiger partial charge in [-0.1, -0.05) is 0 Å². The highest BCUT2D eigenvalue weighted by Gasteiger charge is 2.15. The summed E-state index contributed by atoms with van der Waals surface area (Å²) in [6.07, 6.45) is 0.202. The Morgan fingerprint density at radius 1 is 1.15 bits per heavy atom. The third-order valence-corrected chi connectivity index (χ3v) is 4.50. The van der Waals surface area contributed by atoms with Crippen molar-refractivity contribution in [2.75, 3.05) is 25.5 Å². The lowest BCUT2D eigenvalue weighted by Crippen LogP contribution is -2.28. The number of urea groups is 1. The van der Waals surface area contributed by atoms with Crippen molar-refractivity contribution in [3.8, 4) is 23.4 Å². The van der Waals surface area contributed by atoms with Crippen molar-refractivity contribution in [2.45, 2.75) is 13.3 Å². The second-order valence-electron chi connectivity index (χ2n) is 6.79. The summed E-state index contributed by atoms with van der Waals surface area (Å²) in [6, 6.07) is 12.0. The van der Waals surface area contributed by atoms with Crippen molar-refractivity contribution < 1.29 is 23.5 Å². The van der Waals surface area contributed by atoms with Crippen LogP contribution in [0.3, 0.4) is 0 Å². The molecule has 0 unspecified atom stereocenters. The minimum atomic E-state index is -0.659. The molecule has 1 aromatic heterocycles. The number of pyridine rings is 1. The Morgan fingerprint density at radius 2 is 1.97 bits per heavy atom. The summed E-state index contributed by atoms with van der Waals surface area (Å²) >= 11 is 0. The molecule has 0 fully saturated rings. The van der Waals surface area contributed by atoms with E-state index >= 15 is 0 Å². The van der Waals surface area contributed by atoms with Gasteiger partial charge in [0.05, 0.1) is 36.4 Å². The topological polar surface area (TPSA) is 125 Å². The lowest BCUT2D eigenvalue weighted by molar-refractivity contribution is 0.0951. The summed E-state index contributed by atoms with van der Waals surface area (Å²) in [5.74, 6) is -0.302. The molecular formula is C23H22FN5O4. The quantitative estimate of drug-likeness (QED) is 0.445. The average molecular weight is 451 g/mol. The molecule has 0 aliphatic heterocycles. The summed E-state index contributed by atoms with van der Waals surface area (Å²) in [5.41, 5.74) is 0.841. The zero-order valence-electron chi connectivity index (χ0n) is 18.1. The third kappa shape index (κ3) is 5.86. The van der Waals surface area contributed by atoms with Gasteiger partial charge in [0.1, 0.15) is 17.3 Å². The van der Waals surface area contributed by atoms with Crippen LogP contribution in [0.2, 0.25) is 0 Å². The first kappa shape index (κ1) is 23.3. The van der Waals surface area contributed by atoms with Crippen molar-refractivity contribution in [2.24, 2.45) is 0 Å². The van der Waals surface area contributed by atoms with Crippen molar-refractivity contribution in [1.82, 2.24) is 15.6 Å². The number of anilines is 1. The number of nitriles is 1. The Labute approximate surface area is 189 Å². The van der Waals surface area contributed by atoms with Gasteiger partial charge in [0.2, 0.25) is 5.88 Å². The van der Waals surface area contributed by atoms with Gasteiger partial charge in [-0.25, -0.2) is 14.2 Å². The minimum Gasteiger partial charge on any atom is -0.496 e. The van der Waals surface area contributed by atoms with Crippen LogP contribution >= 0.6 is 0 Å². The van der Waals surface area contributed by atoms with E-state index in [0.29, 0.717) is 28.8 Å². The first-order valence-electron chi connectivity index (χ1n) is 10.1. The fourth-order valence-corrected chi connectivity index (χ4v) is 2.97. The largest absolute Gasteiger partial charge is 0.496 e. The number of ether oxygens (including phenoxy) is 2. The molecule has 33 heavy (non-hydrogen) atoms. The highest BCUT2D eigenvalue weighted by atomic mass is 19.1. The van der Waals surface area contributed by atoms with E-state index in [1.807, 2.05) is 6.07 Å². The fraction of sp³-hybridized carbons (Fsp3) is 0.217. The van der Waals surface area contributed by atoms with Crippen molar-refractivity contribution in [3.63, 3.8) is 0 Å². The van der Waals surface area contributed by atoms with Gasteiger partial charge in [-0.15, -0.1) is 0 Å². The van der Waals surface area contributed by atoms with E-state index in [-0.39, 0.29) is 36.2 Å². The van der Waals surface area contributed by atoms with E-state index in [1.165, 1.54) is 19.2 Å². The zero-order valence-corrected chi connectivity index (χ0v) is 18.1. The fourth-order valence-electron chi connectivity index (χ4n) is 2.97. The summed E-state index contributed by atoms with van der Waals surface area (Å²) in [7, 11) is 1.44. The molecule has 0 atom stereocenters. The lowest BCUT2D eigenvalue weighted by Gasteiger charge is -2.12. The first-order chi connectivity index (χ1) is 15.9. The molecular weight excluding hydrogens is 429 g/mol. The van der Waals surface area contributed by atoms with Gasteiger partial charge in [-0.3, -0.25) is 4.79 Å². The number of fused-ring (bicyclic) bond motifs is 1. The maximum absolute atomic E-state index is 14.3. The van der Waals surface area contributed by atoms with Crippen LogP contribution in [0, 0.1) is 17.1 Å². The van der Waals surface area contributed by atoms with Gasteiger partial charge < -0.3 is 25.4 Å². The third-order valence-electron chi connectivity index (χ3n) is 4.50. The molecule has 9 nitrogen and oxygen atoms in total. The van der Waals surface area contributed by atoms with E-state index in [1.54, 1.807) is 31.2 Å². The van der Waals surface area contributed by atoms with Crippen LogP contribution in [0.4, 0.5) is 14.9 Å². The number of hydrogen-bond acceptors (Lipinski definition) is 6. The monoisotopic (exact) mass is 451 g/mol. The molecule has 0 bridgehead atoms. The van der Waals surface area contributed by atoms with Crippen LogP contribution in [-0.4, -0.2) is 37.1 Å². The maximum Gasteiger partial charge on any atom is 0.319 e. The molecule has 3 amide bonds. The Balaban J connectivity index is 1.80. The van der Waals surface area contributed by atoms with Gasteiger partial charge in [-0.05, 0) is 31.2 Å². The van der Waals surface area contributed by atoms with E-state index < -0.39 is 11.8 Å². The number of aromatic nitrogens is 1. The van der Waals surface area contributed by atoms with Crippen LogP contribution < -0.4 is 25.4 Å². The first-order valence-corrected chi connectivity index (χ1v) is 10.1. The molecule has 1 heterocycles. The highest BCUT2D eigenvalue weighted by molar-refractivity contribution is 6.01. The van der Waals surface area contributed by atoms with Gasteiger partial charge in [0, 0.05) is 36.7 Å². The van der Waals surface area contributed by atoms with E-state index in [9.17, 15) is 14.0 Å². The predicted octanol–water partition coefficient (Wildman–Crippen LogP) is 3.96. The van der Waals surface area contributed by atoms with Crippen LogP contribution in [0.25, 0.3) is 10.9 Å². The second kappa shape index (κ2) is 10.8. The Hall–Kier alpha value is -4.39. The lowest BCUT2D eigenvalue weighted by atomic mass is 10.1. The van der Waals surface area contributed by atoms with Crippen LogP contribution in [0.1, 0.15) is 23.7 Å². The van der Waals surface area contributed by atoms with E-state index in [4.69, 9.17) is 14.7 Å². The standard InChI is InChI=1S/C23H22FN5O4/c1-3-26-23(31)29-18-7-6-15(12-17(18)24)33-21-8-5-14-11-16(22(30)27-10-4-9-25)20(32-2)13-19(14)28-21/h5-8,11-13H,3-4,10H2,1-2H3,(H,27,30)(H2,26,29,31). The summed E-state index contributed by atoms with van der Waals surface area (Å²) in [5, 5.41) is 16.9. The minimum absolute atomic E-state index is 0.0186.